The zero-order valence-corrected chi connectivity index (χ0v) is 31.5. The number of methoxy groups -OCH3 is 2. The molecule has 2 bridgehead atoms. The number of carbonyl (C=O) groups excluding carboxylic acids is 2. The van der Waals surface area contributed by atoms with Gasteiger partial charge in [0.1, 0.15) is 21.2 Å². The van der Waals surface area contributed by atoms with Crippen LogP contribution in [0.5, 0.6) is 11.6 Å². The van der Waals surface area contributed by atoms with Crippen LogP contribution in [-0.4, -0.2) is 82.8 Å². The SMILES string of the molecule is COc1nn(C)cc1C(=O)NS1(=O)=NC(=O)c2ccc3c(c2)N(C[C@@H]2CC[C@H]2[C@@H](OC)/C=C/[C@H](O)[C@H](C)C1)C[C@@]1(CCCc2cc(Cl)ccc21)CO3. The Balaban J connectivity index is 1.32. The minimum Gasteiger partial charge on any atom is -0.490 e. The van der Waals surface area contributed by atoms with Gasteiger partial charge in [-0.2, -0.15) is 0 Å². The number of halogens is 1. The van der Waals surface area contributed by atoms with Gasteiger partial charge < -0.3 is 24.2 Å². The van der Waals surface area contributed by atoms with Crippen molar-refractivity contribution >= 4 is 39.0 Å². The number of rotatable bonds is 4. The number of nitrogens with one attached hydrogen (secondary N) is 1. The standard InChI is InChI=1S/C38H46ClN5O7S/c1-23-20-52(48,42-36(47)29-19-43(2)40-37(29)50-4)41-35(46)25-8-13-34-31(17-25)44(18-26-7-10-28(26)33(49-3)14-12-32(23)45)21-38(22-51-34)15-5-6-24-16-27(39)9-11-30(24)38/h8-9,11-14,16-17,19,23,26,28,32-33,45H,5-7,10,15,18,20-22H2,1-4H3,(H,41,42,46,47,48)/b14-12+/t23-,26+,28-,32+,33+,38+,52?/m1/s1. The van der Waals surface area contributed by atoms with Crippen molar-refractivity contribution in [3.05, 3.63) is 82.0 Å². The summed E-state index contributed by atoms with van der Waals surface area (Å²) in [5, 5.41) is 16.1. The van der Waals surface area contributed by atoms with Crippen LogP contribution < -0.4 is 19.1 Å². The molecule has 1 saturated carbocycles. The van der Waals surface area contributed by atoms with Gasteiger partial charge in [-0.3, -0.25) is 19.0 Å². The van der Waals surface area contributed by atoms with E-state index < -0.39 is 33.8 Å². The van der Waals surface area contributed by atoms with Crippen LogP contribution >= 0.6 is 11.6 Å². The molecule has 278 valence electrons. The van der Waals surface area contributed by atoms with Crippen molar-refractivity contribution in [2.75, 3.05) is 44.6 Å². The molecule has 4 aliphatic rings. The third-order valence-electron chi connectivity index (χ3n) is 11.2. The summed E-state index contributed by atoms with van der Waals surface area (Å²) >= 11 is 6.45. The molecule has 1 unspecified atom stereocenters. The van der Waals surface area contributed by atoms with Crippen LogP contribution in [0.3, 0.4) is 0 Å². The van der Waals surface area contributed by atoms with Crippen LogP contribution in [0.15, 0.2) is 59.1 Å². The summed E-state index contributed by atoms with van der Waals surface area (Å²) in [6.45, 7) is 3.53. The van der Waals surface area contributed by atoms with Gasteiger partial charge in [-0.25, -0.2) is 4.21 Å². The summed E-state index contributed by atoms with van der Waals surface area (Å²) in [6.07, 6.45) is 8.55. The van der Waals surface area contributed by atoms with Crippen LogP contribution in [0.25, 0.3) is 0 Å². The quantitative estimate of drug-likeness (QED) is 0.348. The van der Waals surface area contributed by atoms with E-state index >= 15 is 0 Å². The van der Waals surface area contributed by atoms with E-state index in [9.17, 15) is 18.9 Å². The second-order valence-electron chi connectivity index (χ2n) is 14.7. The highest BCUT2D eigenvalue weighted by Gasteiger charge is 2.44. The molecule has 3 heterocycles. The molecule has 2 amide bonds. The van der Waals surface area contributed by atoms with Crippen LogP contribution in [-0.2, 0) is 33.5 Å². The number of aliphatic hydroxyl groups excluding tert-OH is 1. The van der Waals surface area contributed by atoms with Gasteiger partial charge in [0.25, 0.3) is 11.8 Å². The Kier molecular flexibility index (Phi) is 10.2. The smallest absolute Gasteiger partial charge is 0.286 e. The number of carbonyl (C=O) groups is 2. The second kappa shape index (κ2) is 14.5. The lowest BCUT2D eigenvalue weighted by Crippen LogP contribution is -2.49. The third kappa shape index (κ3) is 7.07. The van der Waals surface area contributed by atoms with Gasteiger partial charge in [0.15, 0.2) is 0 Å². The summed E-state index contributed by atoms with van der Waals surface area (Å²) in [7, 11) is 0.890. The van der Waals surface area contributed by atoms with Crippen LogP contribution in [0.2, 0.25) is 5.02 Å². The average molecular weight is 752 g/mol. The maximum atomic E-state index is 14.6. The first-order chi connectivity index (χ1) is 24.9. The first-order valence-corrected chi connectivity index (χ1v) is 19.9. The predicted molar refractivity (Wildman–Crippen MR) is 199 cm³/mol. The van der Waals surface area contributed by atoms with Crippen molar-refractivity contribution in [3.63, 3.8) is 0 Å². The number of ether oxygens (including phenoxy) is 3. The van der Waals surface area contributed by atoms with E-state index in [0.29, 0.717) is 30.5 Å². The molecule has 3 aromatic rings. The summed E-state index contributed by atoms with van der Waals surface area (Å²) in [6, 6.07) is 11.3. The summed E-state index contributed by atoms with van der Waals surface area (Å²) in [5.41, 5.74) is 3.17. The van der Waals surface area contributed by atoms with Gasteiger partial charge in [0, 0.05) is 49.4 Å². The van der Waals surface area contributed by atoms with Gasteiger partial charge in [0.05, 0.1) is 37.4 Å². The molecular formula is C38H46ClN5O7S. The zero-order chi connectivity index (χ0) is 36.8. The fourth-order valence-corrected chi connectivity index (χ4v) is 10.4. The number of amides is 2. The first kappa shape index (κ1) is 36.4. The predicted octanol–water partition coefficient (Wildman–Crippen LogP) is 5.12. The van der Waals surface area contributed by atoms with E-state index in [0.717, 1.165) is 37.8 Å². The highest BCUT2D eigenvalue weighted by Crippen LogP contribution is 2.47. The van der Waals surface area contributed by atoms with Gasteiger partial charge in [0.2, 0.25) is 5.88 Å². The summed E-state index contributed by atoms with van der Waals surface area (Å²) in [5.74, 6) is -1.29. The fourth-order valence-electron chi connectivity index (χ4n) is 8.31. The first-order valence-electron chi connectivity index (χ1n) is 17.8. The number of hydrogen-bond acceptors (Lipinski definition) is 9. The molecule has 2 N–H and O–H groups in total. The number of aromatic nitrogens is 2. The van der Waals surface area contributed by atoms with Crippen LogP contribution in [0, 0.1) is 17.8 Å². The molecule has 2 aliphatic carbocycles. The Morgan fingerprint density at radius 1 is 1.17 bits per heavy atom. The largest absolute Gasteiger partial charge is 0.490 e. The van der Waals surface area contributed by atoms with E-state index in [4.69, 9.17) is 25.8 Å². The normalized spacial score (nSPS) is 30.8. The Morgan fingerprint density at radius 3 is 2.75 bits per heavy atom. The van der Waals surface area contributed by atoms with E-state index in [-0.39, 0.29) is 46.1 Å². The molecule has 2 aliphatic heterocycles. The van der Waals surface area contributed by atoms with Crippen molar-refractivity contribution in [3.8, 4) is 11.6 Å². The third-order valence-corrected chi connectivity index (χ3v) is 13.4. The van der Waals surface area contributed by atoms with Gasteiger partial charge >= 0.3 is 0 Å². The minimum atomic E-state index is -3.79. The second-order valence-corrected chi connectivity index (χ2v) is 17.1. The van der Waals surface area contributed by atoms with Gasteiger partial charge in [-0.05, 0) is 91.3 Å². The Bertz CT molecular complexity index is 2030. The fraction of sp³-hybridized carbons (Fsp3) is 0.500. The van der Waals surface area contributed by atoms with E-state index in [1.807, 2.05) is 12.1 Å². The number of nitrogens with zero attached hydrogens (tertiary/aromatic N) is 4. The van der Waals surface area contributed by atoms with Crippen molar-refractivity contribution < 1.29 is 33.1 Å². The van der Waals surface area contributed by atoms with Crippen molar-refractivity contribution in [1.82, 2.24) is 14.5 Å². The number of fused-ring (bicyclic) bond motifs is 4. The average Bonchev–Trinajstić information content (AvgIpc) is 3.42. The molecule has 7 rings (SSSR count). The molecule has 2 aromatic carbocycles. The molecule has 0 radical (unpaired) electrons. The molecular weight excluding hydrogens is 706 g/mol. The van der Waals surface area contributed by atoms with Crippen LogP contribution in [0.1, 0.15) is 64.4 Å². The van der Waals surface area contributed by atoms with Crippen LogP contribution in [0.4, 0.5) is 5.69 Å². The minimum absolute atomic E-state index is 0.0331. The maximum Gasteiger partial charge on any atom is 0.286 e. The topological polar surface area (TPSA) is 145 Å². The van der Waals surface area contributed by atoms with E-state index in [1.54, 1.807) is 45.4 Å². The Hall–Kier alpha value is -3.91. The van der Waals surface area contributed by atoms with Crippen molar-refractivity contribution in [1.29, 1.82) is 0 Å². The van der Waals surface area contributed by atoms with Gasteiger partial charge in [-0.15, -0.1) is 9.46 Å². The highest BCUT2D eigenvalue weighted by atomic mass is 35.5. The number of aliphatic hydroxyl groups is 1. The van der Waals surface area contributed by atoms with E-state index in [1.165, 1.54) is 29.1 Å². The lowest BCUT2D eigenvalue weighted by atomic mass is 9.68. The van der Waals surface area contributed by atoms with Gasteiger partial charge in [-0.1, -0.05) is 36.7 Å². The molecule has 1 spiro atoms. The highest BCUT2D eigenvalue weighted by molar-refractivity contribution is 7.92. The molecule has 1 fully saturated rings. The molecule has 7 atom stereocenters. The summed E-state index contributed by atoms with van der Waals surface area (Å²) in [4.78, 5) is 29.9. The Morgan fingerprint density at radius 2 is 2.00 bits per heavy atom. The number of anilines is 1. The molecule has 1 aromatic heterocycles. The lowest BCUT2D eigenvalue weighted by Gasteiger charge is -2.46. The molecule has 12 nitrogen and oxygen atoms in total. The molecule has 52 heavy (non-hydrogen) atoms. The monoisotopic (exact) mass is 751 g/mol. The van der Waals surface area contributed by atoms with Crippen molar-refractivity contribution in [2.45, 2.75) is 56.7 Å². The van der Waals surface area contributed by atoms with Crippen molar-refractivity contribution in [2.24, 2.45) is 29.2 Å². The number of benzene rings is 2. The molecule has 14 heteroatoms. The lowest BCUT2D eigenvalue weighted by molar-refractivity contribution is 0.0124. The Labute approximate surface area is 309 Å². The zero-order valence-electron chi connectivity index (χ0n) is 29.9. The number of aryl methyl sites for hydroxylation is 2. The maximum absolute atomic E-state index is 14.6. The number of hydrogen-bond donors (Lipinski definition) is 2. The summed E-state index contributed by atoms with van der Waals surface area (Å²) < 4.78 is 40.6. The van der Waals surface area contributed by atoms with E-state index in [2.05, 4.69) is 31.2 Å². The molecule has 0 saturated heterocycles.